The summed E-state index contributed by atoms with van der Waals surface area (Å²) in [6, 6.07) is 9.59. The standard InChI is InChI=1S/C15H18N2OS/c1-3-13(14-5-4-8-19-14)17-15(18)11-9-10(2)6-7-12(11)16/h4-9,13H,3,16H2,1-2H3,(H,17,18). The third kappa shape index (κ3) is 3.15. The van der Waals surface area contributed by atoms with Gasteiger partial charge in [0.2, 0.25) is 0 Å². The predicted molar refractivity (Wildman–Crippen MR) is 80.4 cm³/mol. The molecular weight excluding hydrogens is 256 g/mol. The van der Waals surface area contributed by atoms with Gasteiger partial charge in [0.1, 0.15) is 0 Å². The number of carbonyl (C=O) groups excluding carboxylic acids is 1. The molecule has 1 atom stereocenters. The molecule has 1 aromatic carbocycles. The highest BCUT2D eigenvalue weighted by Gasteiger charge is 2.16. The van der Waals surface area contributed by atoms with Gasteiger partial charge >= 0.3 is 0 Å². The van der Waals surface area contributed by atoms with Gasteiger partial charge in [-0.25, -0.2) is 0 Å². The van der Waals surface area contributed by atoms with Crippen molar-refractivity contribution >= 4 is 22.9 Å². The molecule has 0 fully saturated rings. The maximum absolute atomic E-state index is 12.3. The number of hydrogen-bond donors (Lipinski definition) is 2. The summed E-state index contributed by atoms with van der Waals surface area (Å²) in [5, 5.41) is 5.06. The van der Waals surface area contributed by atoms with Gasteiger partial charge in [0.25, 0.3) is 5.91 Å². The summed E-state index contributed by atoms with van der Waals surface area (Å²) in [5.41, 5.74) is 7.97. The molecule has 2 rings (SSSR count). The second-order valence-electron chi connectivity index (χ2n) is 4.54. The first-order valence-electron chi connectivity index (χ1n) is 6.32. The van der Waals surface area contributed by atoms with Crippen molar-refractivity contribution in [2.45, 2.75) is 26.3 Å². The Morgan fingerprint density at radius 1 is 1.42 bits per heavy atom. The van der Waals surface area contributed by atoms with Gasteiger partial charge in [0.05, 0.1) is 11.6 Å². The normalized spacial score (nSPS) is 12.1. The third-order valence-corrected chi connectivity index (χ3v) is 4.04. The van der Waals surface area contributed by atoms with Crippen LogP contribution in [0.4, 0.5) is 5.69 Å². The van der Waals surface area contributed by atoms with Crippen molar-refractivity contribution < 1.29 is 4.79 Å². The second-order valence-corrected chi connectivity index (χ2v) is 5.52. The van der Waals surface area contributed by atoms with Gasteiger partial charge in [-0.15, -0.1) is 11.3 Å². The Morgan fingerprint density at radius 3 is 2.84 bits per heavy atom. The molecule has 1 amide bonds. The number of nitrogen functional groups attached to an aromatic ring is 1. The zero-order chi connectivity index (χ0) is 13.8. The lowest BCUT2D eigenvalue weighted by Gasteiger charge is -2.16. The van der Waals surface area contributed by atoms with E-state index in [0.717, 1.165) is 12.0 Å². The van der Waals surface area contributed by atoms with E-state index in [-0.39, 0.29) is 11.9 Å². The van der Waals surface area contributed by atoms with Crippen LogP contribution in [-0.4, -0.2) is 5.91 Å². The third-order valence-electron chi connectivity index (χ3n) is 3.05. The summed E-state index contributed by atoms with van der Waals surface area (Å²) in [6.07, 6.45) is 0.859. The minimum absolute atomic E-state index is 0.0485. The van der Waals surface area contributed by atoms with Crippen LogP contribution in [0.5, 0.6) is 0 Å². The number of thiophene rings is 1. The van der Waals surface area contributed by atoms with Crippen LogP contribution in [0.3, 0.4) is 0 Å². The molecule has 4 heteroatoms. The van der Waals surface area contributed by atoms with Crippen molar-refractivity contribution in [3.8, 4) is 0 Å². The average molecular weight is 274 g/mol. The van der Waals surface area contributed by atoms with Crippen molar-refractivity contribution in [3.05, 3.63) is 51.7 Å². The Morgan fingerprint density at radius 2 is 2.21 bits per heavy atom. The second kappa shape index (κ2) is 5.89. The monoisotopic (exact) mass is 274 g/mol. The number of nitrogens with one attached hydrogen (secondary N) is 1. The van der Waals surface area contributed by atoms with Gasteiger partial charge in [-0.2, -0.15) is 0 Å². The lowest BCUT2D eigenvalue weighted by molar-refractivity contribution is 0.0937. The van der Waals surface area contributed by atoms with E-state index < -0.39 is 0 Å². The molecule has 0 bridgehead atoms. The molecule has 1 aromatic heterocycles. The van der Waals surface area contributed by atoms with Crippen molar-refractivity contribution in [1.82, 2.24) is 5.32 Å². The van der Waals surface area contributed by atoms with E-state index in [1.807, 2.05) is 36.6 Å². The largest absolute Gasteiger partial charge is 0.398 e. The van der Waals surface area contributed by atoms with E-state index in [4.69, 9.17) is 5.73 Å². The molecule has 0 radical (unpaired) electrons. The van der Waals surface area contributed by atoms with E-state index in [1.54, 1.807) is 17.4 Å². The molecule has 1 unspecified atom stereocenters. The minimum Gasteiger partial charge on any atom is -0.398 e. The Labute approximate surface area is 117 Å². The van der Waals surface area contributed by atoms with E-state index in [1.165, 1.54) is 4.88 Å². The molecule has 100 valence electrons. The Bertz CT molecular complexity index is 564. The number of rotatable bonds is 4. The molecule has 0 saturated carbocycles. The van der Waals surface area contributed by atoms with E-state index in [2.05, 4.69) is 12.2 Å². The molecule has 0 aliphatic carbocycles. The molecule has 3 nitrogen and oxygen atoms in total. The zero-order valence-electron chi connectivity index (χ0n) is 11.1. The van der Waals surface area contributed by atoms with Crippen LogP contribution in [0.15, 0.2) is 35.7 Å². The van der Waals surface area contributed by atoms with Crippen molar-refractivity contribution in [2.24, 2.45) is 0 Å². The van der Waals surface area contributed by atoms with Gasteiger partial charge < -0.3 is 11.1 Å². The number of benzene rings is 1. The average Bonchev–Trinajstić information content (AvgIpc) is 2.92. The number of carbonyl (C=O) groups is 1. The molecule has 0 aliphatic heterocycles. The summed E-state index contributed by atoms with van der Waals surface area (Å²) in [7, 11) is 0. The van der Waals surface area contributed by atoms with Crippen LogP contribution >= 0.6 is 11.3 Å². The van der Waals surface area contributed by atoms with Crippen LogP contribution in [0.2, 0.25) is 0 Å². The maximum Gasteiger partial charge on any atom is 0.253 e. The van der Waals surface area contributed by atoms with Crippen molar-refractivity contribution in [3.63, 3.8) is 0 Å². The number of nitrogens with two attached hydrogens (primary N) is 1. The first-order chi connectivity index (χ1) is 9.11. The van der Waals surface area contributed by atoms with Crippen molar-refractivity contribution in [1.29, 1.82) is 0 Å². The highest BCUT2D eigenvalue weighted by molar-refractivity contribution is 7.10. The molecule has 1 heterocycles. The lowest BCUT2D eigenvalue weighted by Crippen LogP contribution is -2.28. The van der Waals surface area contributed by atoms with E-state index in [0.29, 0.717) is 11.3 Å². The summed E-state index contributed by atoms with van der Waals surface area (Å²) < 4.78 is 0. The SMILES string of the molecule is CCC(NC(=O)c1cc(C)ccc1N)c1cccs1. The van der Waals surface area contributed by atoms with Crippen LogP contribution in [0.1, 0.15) is 40.2 Å². The van der Waals surface area contributed by atoms with Gasteiger partial charge in [-0.1, -0.05) is 24.6 Å². The minimum atomic E-state index is -0.110. The van der Waals surface area contributed by atoms with Crippen molar-refractivity contribution in [2.75, 3.05) is 5.73 Å². The molecule has 3 N–H and O–H groups in total. The summed E-state index contributed by atoms with van der Waals surface area (Å²) in [5.74, 6) is -0.110. The van der Waals surface area contributed by atoms with E-state index in [9.17, 15) is 4.79 Å². The maximum atomic E-state index is 12.3. The Balaban J connectivity index is 2.18. The van der Waals surface area contributed by atoms with Gasteiger partial charge in [-0.05, 0) is 36.9 Å². The predicted octanol–water partition coefficient (Wildman–Crippen LogP) is 3.52. The fourth-order valence-electron chi connectivity index (χ4n) is 1.97. The van der Waals surface area contributed by atoms with Gasteiger partial charge in [-0.3, -0.25) is 4.79 Å². The van der Waals surface area contributed by atoms with Gasteiger partial charge in [0.15, 0.2) is 0 Å². The smallest absolute Gasteiger partial charge is 0.253 e. The molecule has 19 heavy (non-hydrogen) atoms. The fourth-order valence-corrected chi connectivity index (χ4v) is 2.83. The first-order valence-corrected chi connectivity index (χ1v) is 7.20. The first kappa shape index (κ1) is 13.6. The summed E-state index contributed by atoms with van der Waals surface area (Å²) in [4.78, 5) is 13.5. The highest BCUT2D eigenvalue weighted by Crippen LogP contribution is 2.23. The van der Waals surface area contributed by atoms with Gasteiger partial charge in [0, 0.05) is 10.6 Å². The number of amides is 1. The van der Waals surface area contributed by atoms with Crippen LogP contribution < -0.4 is 11.1 Å². The lowest BCUT2D eigenvalue weighted by atomic mass is 10.1. The molecule has 0 spiro atoms. The Hall–Kier alpha value is -1.81. The molecule has 2 aromatic rings. The number of anilines is 1. The fraction of sp³-hybridized carbons (Fsp3) is 0.267. The number of hydrogen-bond acceptors (Lipinski definition) is 3. The summed E-state index contributed by atoms with van der Waals surface area (Å²) >= 11 is 1.65. The van der Waals surface area contributed by atoms with Crippen LogP contribution in [-0.2, 0) is 0 Å². The molecular formula is C15H18N2OS. The quantitative estimate of drug-likeness (QED) is 0.838. The van der Waals surface area contributed by atoms with E-state index >= 15 is 0 Å². The Kier molecular flexibility index (Phi) is 4.22. The molecule has 0 saturated heterocycles. The number of aryl methyl sites for hydroxylation is 1. The summed E-state index contributed by atoms with van der Waals surface area (Å²) in [6.45, 7) is 4.01. The molecule has 0 aliphatic rings. The highest BCUT2D eigenvalue weighted by atomic mass is 32.1. The zero-order valence-corrected chi connectivity index (χ0v) is 12.0. The van der Waals surface area contributed by atoms with Crippen LogP contribution in [0, 0.1) is 6.92 Å². The topological polar surface area (TPSA) is 55.1 Å². The van der Waals surface area contributed by atoms with Crippen LogP contribution in [0.25, 0.3) is 0 Å².